The van der Waals surface area contributed by atoms with Gasteiger partial charge in [-0.3, -0.25) is 14.4 Å². The average molecular weight is 479 g/mol. The molecule has 2 aromatic carbocycles. The van der Waals surface area contributed by atoms with E-state index in [0.717, 1.165) is 16.5 Å². The van der Waals surface area contributed by atoms with Crippen molar-refractivity contribution >= 4 is 40.0 Å². The fourth-order valence-electron chi connectivity index (χ4n) is 3.59. The van der Waals surface area contributed by atoms with Gasteiger partial charge < -0.3 is 20.9 Å². The number of benzene rings is 2. The van der Waals surface area contributed by atoms with Crippen LogP contribution in [-0.4, -0.2) is 41.8 Å². The largest absolute Gasteiger partial charge is 0.361 e. The zero-order valence-electron chi connectivity index (χ0n) is 18.1. The molecule has 0 radical (unpaired) electrons. The third kappa shape index (κ3) is 5.49. The van der Waals surface area contributed by atoms with Gasteiger partial charge in [0.2, 0.25) is 5.91 Å². The van der Waals surface area contributed by atoms with E-state index < -0.39 is 17.8 Å². The van der Waals surface area contributed by atoms with Crippen molar-refractivity contribution in [2.75, 3.05) is 13.1 Å². The zero-order valence-corrected chi connectivity index (χ0v) is 19.0. The van der Waals surface area contributed by atoms with Crippen molar-refractivity contribution in [3.63, 3.8) is 0 Å². The van der Waals surface area contributed by atoms with E-state index in [4.69, 9.17) is 0 Å². The van der Waals surface area contributed by atoms with Crippen LogP contribution < -0.4 is 16.0 Å². The van der Waals surface area contributed by atoms with Crippen molar-refractivity contribution in [3.05, 3.63) is 94.1 Å². The summed E-state index contributed by atoms with van der Waals surface area (Å²) in [7, 11) is 0. The number of H-pyrrole nitrogens is 1. The SMILES string of the molecule is O=C(NC(Cc1c[nH]c2ccccc12)C(=O)NCCNC(=O)c1ccccc1F)c1cccs1. The number of rotatable bonds is 9. The van der Waals surface area contributed by atoms with E-state index in [2.05, 4.69) is 20.9 Å². The van der Waals surface area contributed by atoms with Crippen molar-refractivity contribution in [1.29, 1.82) is 0 Å². The molecular formula is C25H23FN4O3S. The van der Waals surface area contributed by atoms with Crippen LogP contribution in [0.5, 0.6) is 0 Å². The number of nitrogens with one attached hydrogen (secondary N) is 4. The molecule has 7 nitrogen and oxygen atoms in total. The minimum Gasteiger partial charge on any atom is -0.361 e. The summed E-state index contributed by atoms with van der Waals surface area (Å²) >= 11 is 1.29. The third-order valence-electron chi connectivity index (χ3n) is 5.29. The third-order valence-corrected chi connectivity index (χ3v) is 6.16. The first-order valence-electron chi connectivity index (χ1n) is 10.7. The number of carbonyl (C=O) groups is 3. The number of halogens is 1. The first-order valence-corrected chi connectivity index (χ1v) is 11.6. The van der Waals surface area contributed by atoms with Gasteiger partial charge in [0.15, 0.2) is 0 Å². The van der Waals surface area contributed by atoms with Gasteiger partial charge in [-0.2, -0.15) is 0 Å². The Morgan fingerprint density at radius 2 is 1.68 bits per heavy atom. The highest BCUT2D eigenvalue weighted by Crippen LogP contribution is 2.19. The van der Waals surface area contributed by atoms with E-state index in [9.17, 15) is 18.8 Å². The van der Waals surface area contributed by atoms with Gasteiger partial charge in [0.1, 0.15) is 11.9 Å². The van der Waals surface area contributed by atoms with Crippen LogP contribution in [0.4, 0.5) is 4.39 Å². The number of aromatic nitrogens is 1. The Morgan fingerprint density at radius 3 is 2.47 bits per heavy atom. The molecule has 174 valence electrons. The molecule has 0 spiro atoms. The minimum absolute atomic E-state index is 0.0609. The summed E-state index contributed by atoms with van der Waals surface area (Å²) in [6.45, 7) is 0.232. The van der Waals surface area contributed by atoms with Gasteiger partial charge in [-0.15, -0.1) is 11.3 Å². The summed E-state index contributed by atoms with van der Waals surface area (Å²) in [5.74, 6) is -1.88. The summed E-state index contributed by atoms with van der Waals surface area (Å²) in [6, 6.07) is 16.0. The average Bonchev–Trinajstić information content (AvgIpc) is 3.52. The number of para-hydroxylation sites is 1. The van der Waals surface area contributed by atoms with E-state index >= 15 is 0 Å². The highest BCUT2D eigenvalue weighted by Gasteiger charge is 2.23. The van der Waals surface area contributed by atoms with Crippen molar-refractivity contribution in [2.45, 2.75) is 12.5 Å². The predicted octanol–water partition coefficient (Wildman–Crippen LogP) is 3.26. The Hall–Kier alpha value is -3.98. The summed E-state index contributed by atoms with van der Waals surface area (Å²) in [6.07, 6.45) is 2.12. The summed E-state index contributed by atoms with van der Waals surface area (Å²) < 4.78 is 13.7. The van der Waals surface area contributed by atoms with E-state index in [1.165, 1.54) is 29.5 Å². The van der Waals surface area contributed by atoms with Crippen LogP contribution in [0.3, 0.4) is 0 Å². The van der Waals surface area contributed by atoms with Gasteiger partial charge in [0, 0.05) is 36.6 Å². The van der Waals surface area contributed by atoms with Gasteiger partial charge in [-0.1, -0.05) is 36.4 Å². The molecule has 0 aliphatic heterocycles. The maximum Gasteiger partial charge on any atom is 0.262 e. The number of carbonyl (C=O) groups excluding carboxylic acids is 3. The van der Waals surface area contributed by atoms with E-state index in [1.54, 1.807) is 23.6 Å². The van der Waals surface area contributed by atoms with Gasteiger partial charge in [0.25, 0.3) is 11.8 Å². The fourth-order valence-corrected chi connectivity index (χ4v) is 4.22. The second kappa shape index (κ2) is 10.8. The van der Waals surface area contributed by atoms with Crippen LogP contribution in [0.2, 0.25) is 0 Å². The van der Waals surface area contributed by atoms with Crippen LogP contribution in [-0.2, 0) is 11.2 Å². The second-order valence-electron chi connectivity index (χ2n) is 7.59. The van der Waals surface area contributed by atoms with Gasteiger partial charge >= 0.3 is 0 Å². The standard InChI is InChI=1S/C25H23FN4O3S/c26-19-8-3-1-7-18(19)23(31)27-11-12-28-24(32)21(30-25(33)22-10-5-13-34-22)14-16-15-29-20-9-4-2-6-17(16)20/h1-10,13,15,21,29H,11-12,14H2,(H,27,31)(H,28,32)(H,30,33). The molecule has 4 rings (SSSR count). The molecule has 2 heterocycles. The molecule has 9 heteroatoms. The topological polar surface area (TPSA) is 103 Å². The molecule has 0 aliphatic carbocycles. The van der Waals surface area contributed by atoms with Crippen molar-refractivity contribution in [2.24, 2.45) is 0 Å². The Balaban J connectivity index is 1.39. The number of fused-ring (bicyclic) bond motifs is 1. The van der Waals surface area contributed by atoms with Crippen molar-refractivity contribution in [3.8, 4) is 0 Å². The summed E-state index contributed by atoms with van der Waals surface area (Å²) in [5, 5.41) is 10.9. The van der Waals surface area contributed by atoms with Crippen molar-refractivity contribution < 1.29 is 18.8 Å². The van der Waals surface area contributed by atoms with Crippen LogP contribution in [0.25, 0.3) is 10.9 Å². The Morgan fingerprint density at radius 1 is 0.912 bits per heavy atom. The molecule has 2 aromatic heterocycles. The van der Waals surface area contributed by atoms with E-state index in [-0.39, 0.29) is 36.9 Å². The number of hydrogen-bond donors (Lipinski definition) is 4. The summed E-state index contributed by atoms with van der Waals surface area (Å²) in [5.41, 5.74) is 1.78. The molecule has 0 fully saturated rings. The quantitative estimate of drug-likeness (QED) is 0.278. The number of aromatic amines is 1. The van der Waals surface area contributed by atoms with E-state index in [0.29, 0.717) is 4.88 Å². The van der Waals surface area contributed by atoms with Gasteiger partial charge in [0.05, 0.1) is 10.4 Å². The molecule has 0 saturated carbocycles. The maximum atomic E-state index is 13.7. The lowest BCUT2D eigenvalue weighted by Crippen LogP contribution is -2.49. The lowest BCUT2D eigenvalue weighted by molar-refractivity contribution is -0.122. The molecule has 3 amide bonds. The molecular weight excluding hydrogens is 455 g/mol. The highest BCUT2D eigenvalue weighted by molar-refractivity contribution is 7.12. The first-order chi connectivity index (χ1) is 16.5. The molecule has 1 unspecified atom stereocenters. The summed E-state index contributed by atoms with van der Waals surface area (Å²) in [4.78, 5) is 41.4. The molecule has 4 N–H and O–H groups in total. The lowest BCUT2D eigenvalue weighted by atomic mass is 10.0. The van der Waals surface area contributed by atoms with E-state index in [1.807, 2.05) is 30.5 Å². The smallest absolute Gasteiger partial charge is 0.262 e. The molecule has 4 aromatic rings. The molecule has 0 aliphatic rings. The second-order valence-corrected chi connectivity index (χ2v) is 8.54. The lowest BCUT2D eigenvalue weighted by Gasteiger charge is -2.18. The number of thiophene rings is 1. The first kappa shape index (κ1) is 23.2. The fraction of sp³-hybridized carbons (Fsp3) is 0.160. The Labute approximate surface area is 199 Å². The number of hydrogen-bond acceptors (Lipinski definition) is 4. The molecule has 34 heavy (non-hydrogen) atoms. The minimum atomic E-state index is -0.823. The van der Waals surface area contributed by atoms with Gasteiger partial charge in [-0.05, 0) is 35.2 Å². The van der Waals surface area contributed by atoms with Crippen molar-refractivity contribution in [1.82, 2.24) is 20.9 Å². The highest BCUT2D eigenvalue weighted by atomic mass is 32.1. The Bertz CT molecular complexity index is 1300. The van der Waals surface area contributed by atoms with Crippen LogP contribution >= 0.6 is 11.3 Å². The number of amides is 3. The molecule has 0 bridgehead atoms. The van der Waals surface area contributed by atoms with Crippen LogP contribution in [0.15, 0.2) is 72.2 Å². The monoisotopic (exact) mass is 478 g/mol. The van der Waals surface area contributed by atoms with Gasteiger partial charge in [-0.25, -0.2) is 4.39 Å². The predicted molar refractivity (Wildman–Crippen MR) is 129 cm³/mol. The van der Waals surface area contributed by atoms with Crippen LogP contribution in [0, 0.1) is 5.82 Å². The molecule has 0 saturated heterocycles. The molecule has 1 atom stereocenters. The normalized spacial score (nSPS) is 11.7. The zero-order chi connectivity index (χ0) is 23.9. The Kier molecular flexibility index (Phi) is 7.34. The van der Waals surface area contributed by atoms with Crippen LogP contribution in [0.1, 0.15) is 25.6 Å². The maximum absolute atomic E-state index is 13.7.